The molecule has 0 aromatic heterocycles. The molecule has 0 saturated carbocycles. The standard InChI is InChI=1S/C13H13NOS/c14-11-4-6-13(7-5-11)16-9-10-2-1-3-12(15)8-10/h1-8,15H,9,14H2. The summed E-state index contributed by atoms with van der Waals surface area (Å²) in [6.45, 7) is 0. The topological polar surface area (TPSA) is 46.2 Å². The lowest BCUT2D eigenvalue weighted by Crippen LogP contribution is -1.83. The number of phenolic OH excluding ortho intramolecular Hbond substituents is 1. The lowest BCUT2D eigenvalue weighted by molar-refractivity contribution is 0.475. The van der Waals surface area contributed by atoms with Crippen molar-refractivity contribution in [2.45, 2.75) is 10.6 Å². The third kappa shape index (κ3) is 2.94. The molecule has 0 atom stereocenters. The Morgan fingerprint density at radius 3 is 2.50 bits per heavy atom. The second-order valence-corrected chi connectivity index (χ2v) is 4.58. The maximum atomic E-state index is 9.32. The lowest BCUT2D eigenvalue weighted by Gasteiger charge is -2.03. The maximum absolute atomic E-state index is 9.32. The highest BCUT2D eigenvalue weighted by Gasteiger charge is 1.97. The third-order valence-electron chi connectivity index (χ3n) is 2.20. The number of anilines is 1. The van der Waals surface area contributed by atoms with Crippen LogP contribution in [0.3, 0.4) is 0 Å². The van der Waals surface area contributed by atoms with Crippen molar-refractivity contribution in [1.29, 1.82) is 0 Å². The van der Waals surface area contributed by atoms with Gasteiger partial charge in [-0.2, -0.15) is 0 Å². The molecular weight excluding hydrogens is 218 g/mol. The zero-order valence-corrected chi connectivity index (χ0v) is 9.58. The van der Waals surface area contributed by atoms with Gasteiger partial charge >= 0.3 is 0 Å². The fourth-order valence-corrected chi connectivity index (χ4v) is 2.22. The predicted octanol–water partition coefficient (Wildman–Crippen LogP) is 3.27. The van der Waals surface area contributed by atoms with Crippen LogP contribution in [0, 0.1) is 0 Å². The summed E-state index contributed by atoms with van der Waals surface area (Å²) in [7, 11) is 0. The molecule has 0 aliphatic carbocycles. The Morgan fingerprint density at radius 1 is 1.06 bits per heavy atom. The highest BCUT2D eigenvalue weighted by atomic mass is 32.2. The molecule has 0 aliphatic rings. The molecule has 0 aliphatic heterocycles. The summed E-state index contributed by atoms with van der Waals surface area (Å²) in [6, 6.07) is 15.1. The summed E-state index contributed by atoms with van der Waals surface area (Å²) in [4.78, 5) is 1.18. The van der Waals surface area contributed by atoms with E-state index in [0.29, 0.717) is 5.75 Å². The minimum atomic E-state index is 0.315. The summed E-state index contributed by atoms with van der Waals surface area (Å²) in [5, 5.41) is 9.32. The molecule has 3 heteroatoms. The lowest BCUT2D eigenvalue weighted by atomic mass is 10.2. The highest BCUT2D eigenvalue weighted by molar-refractivity contribution is 7.98. The Kier molecular flexibility index (Phi) is 3.37. The number of hydrogen-bond donors (Lipinski definition) is 2. The first kappa shape index (κ1) is 10.9. The molecule has 0 radical (unpaired) electrons. The smallest absolute Gasteiger partial charge is 0.115 e. The number of benzene rings is 2. The fraction of sp³-hybridized carbons (Fsp3) is 0.0769. The Morgan fingerprint density at radius 2 is 1.81 bits per heavy atom. The van der Waals surface area contributed by atoms with Crippen LogP contribution in [0.4, 0.5) is 5.69 Å². The number of rotatable bonds is 3. The first-order valence-electron chi connectivity index (χ1n) is 5.00. The van der Waals surface area contributed by atoms with E-state index in [0.717, 1.165) is 17.0 Å². The Bertz CT molecular complexity index is 468. The second kappa shape index (κ2) is 4.94. The summed E-state index contributed by atoms with van der Waals surface area (Å²) in [5.74, 6) is 1.16. The molecule has 2 nitrogen and oxygen atoms in total. The van der Waals surface area contributed by atoms with E-state index in [1.165, 1.54) is 4.90 Å². The average molecular weight is 231 g/mol. The summed E-state index contributed by atoms with van der Waals surface area (Å²) in [6.07, 6.45) is 0. The van der Waals surface area contributed by atoms with Crippen molar-refractivity contribution in [2.24, 2.45) is 0 Å². The molecule has 0 saturated heterocycles. The van der Waals surface area contributed by atoms with Gasteiger partial charge in [-0.15, -0.1) is 11.8 Å². The number of nitrogen functional groups attached to an aromatic ring is 1. The number of nitrogens with two attached hydrogens (primary N) is 1. The van der Waals surface area contributed by atoms with Crippen LogP contribution in [0.25, 0.3) is 0 Å². The van der Waals surface area contributed by atoms with Gasteiger partial charge in [0.25, 0.3) is 0 Å². The van der Waals surface area contributed by atoms with Gasteiger partial charge in [0.1, 0.15) is 5.75 Å². The molecule has 2 aromatic rings. The van der Waals surface area contributed by atoms with E-state index >= 15 is 0 Å². The van der Waals surface area contributed by atoms with E-state index in [-0.39, 0.29) is 0 Å². The number of hydrogen-bond acceptors (Lipinski definition) is 3. The van der Waals surface area contributed by atoms with Crippen molar-refractivity contribution in [3.63, 3.8) is 0 Å². The van der Waals surface area contributed by atoms with Crippen LogP contribution in [0.15, 0.2) is 53.4 Å². The molecule has 3 N–H and O–H groups in total. The molecule has 0 unspecified atom stereocenters. The van der Waals surface area contributed by atoms with Gasteiger partial charge in [-0.25, -0.2) is 0 Å². The van der Waals surface area contributed by atoms with Crippen LogP contribution in [-0.2, 0) is 5.75 Å². The SMILES string of the molecule is Nc1ccc(SCc2cccc(O)c2)cc1. The minimum Gasteiger partial charge on any atom is -0.508 e. The van der Waals surface area contributed by atoms with Crippen molar-refractivity contribution < 1.29 is 5.11 Å². The summed E-state index contributed by atoms with van der Waals surface area (Å²) >= 11 is 1.72. The largest absolute Gasteiger partial charge is 0.508 e. The van der Waals surface area contributed by atoms with E-state index in [1.54, 1.807) is 23.9 Å². The van der Waals surface area contributed by atoms with Crippen LogP contribution in [-0.4, -0.2) is 5.11 Å². The van der Waals surface area contributed by atoms with E-state index in [4.69, 9.17) is 5.73 Å². The van der Waals surface area contributed by atoms with Crippen molar-refractivity contribution >= 4 is 17.4 Å². The zero-order chi connectivity index (χ0) is 11.4. The quantitative estimate of drug-likeness (QED) is 0.629. The van der Waals surface area contributed by atoms with Crippen LogP contribution < -0.4 is 5.73 Å². The first-order valence-corrected chi connectivity index (χ1v) is 5.99. The number of aromatic hydroxyl groups is 1. The van der Waals surface area contributed by atoms with Crippen molar-refractivity contribution in [3.05, 3.63) is 54.1 Å². The number of phenols is 1. The van der Waals surface area contributed by atoms with Crippen LogP contribution >= 0.6 is 11.8 Å². The minimum absolute atomic E-state index is 0.315. The first-order chi connectivity index (χ1) is 7.74. The molecule has 0 spiro atoms. The summed E-state index contributed by atoms with van der Waals surface area (Å²) in [5.41, 5.74) is 7.50. The van der Waals surface area contributed by atoms with E-state index in [1.807, 2.05) is 36.4 Å². The molecule has 82 valence electrons. The van der Waals surface area contributed by atoms with Gasteiger partial charge in [0, 0.05) is 16.3 Å². The average Bonchev–Trinajstić information content (AvgIpc) is 2.28. The second-order valence-electron chi connectivity index (χ2n) is 3.53. The van der Waals surface area contributed by atoms with Crippen molar-refractivity contribution in [1.82, 2.24) is 0 Å². The Hall–Kier alpha value is -1.61. The molecule has 0 amide bonds. The van der Waals surface area contributed by atoms with Crippen molar-refractivity contribution in [3.8, 4) is 5.75 Å². The highest BCUT2D eigenvalue weighted by Crippen LogP contribution is 2.24. The predicted molar refractivity (Wildman–Crippen MR) is 68.5 cm³/mol. The van der Waals surface area contributed by atoms with Crippen LogP contribution in [0.1, 0.15) is 5.56 Å². The van der Waals surface area contributed by atoms with Gasteiger partial charge in [0.05, 0.1) is 0 Å². The maximum Gasteiger partial charge on any atom is 0.115 e. The van der Waals surface area contributed by atoms with Gasteiger partial charge < -0.3 is 10.8 Å². The van der Waals surface area contributed by atoms with Crippen LogP contribution in [0.5, 0.6) is 5.75 Å². The third-order valence-corrected chi connectivity index (χ3v) is 3.28. The Balaban J connectivity index is 1.99. The van der Waals surface area contributed by atoms with E-state index < -0.39 is 0 Å². The molecule has 2 rings (SSSR count). The molecule has 0 bridgehead atoms. The molecule has 2 aromatic carbocycles. The Labute approximate surface area is 99.1 Å². The monoisotopic (exact) mass is 231 g/mol. The van der Waals surface area contributed by atoms with Crippen LogP contribution in [0.2, 0.25) is 0 Å². The molecule has 0 heterocycles. The fourth-order valence-electron chi connectivity index (χ4n) is 1.38. The zero-order valence-electron chi connectivity index (χ0n) is 8.76. The summed E-state index contributed by atoms with van der Waals surface area (Å²) < 4.78 is 0. The van der Waals surface area contributed by atoms with E-state index in [9.17, 15) is 5.11 Å². The normalized spacial score (nSPS) is 10.2. The van der Waals surface area contributed by atoms with Gasteiger partial charge in [-0.3, -0.25) is 0 Å². The number of thioether (sulfide) groups is 1. The van der Waals surface area contributed by atoms with Gasteiger partial charge in [0.15, 0.2) is 0 Å². The van der Waals surface area contributed by atoms with E-state index in [2.05, 4.69) is 0 Å². The van der Waals surface area contributed by atoms with Crippen molar-refractivity contribution in [2.75, 3.05) is 5.73 Å². The van der Waals surface area contributed by atoms with Gasteiger partial charge in [-0.1, -0.05) is 12.1 Å². The van der Waals surface area contributed by atoms with Gasteiger partial charge in [-0.05, 0) is 42.0 Å². The van der Waals surface area contributed by atoms with Gasteiger partial charge in [0.2, 0.25) is 0 Å². The molecular formula is C13H13NOS. The molecule has 16 heavy (non-hydrogen) atoms. The molecule has 0 fully saturated rings.